The molecule has 11 heterocycles. The average molecular weight is 2580 g/mol. The van der Waals surface area contributed by atoms with Gasteiger partial charge in [0.25, 0.3) is 0 Å². The molecule has 140 heavy (non-hydrogen) atoms. The molecule has 20 aromatic rings. The van der Waals surface area contributed by atoms with Crippen molar-refractivity contribution < 1.29 is 150 Å². The molecule has 22 rings (SSSR count). The van der Waals surface area contributed by atoms with E-state index in [1.54, 1.807) is 111 Å². The zero-order valence-electron chi connectivity index (χ0n) is 113. The van der Waals surface area contributed by atoms with Crippen LogP contribution in [0.25, 0.3) is 155 Å². The Labute approximate surface area is 929 Å². The van der Waals surface area contributed by atoms with E-state index in [-0.39, 0.29) is 203 Å². The smallest absolute Gasteiger partial charge is 0.725 e. The molecule has 10 aromatic carbocycles. The zero-order valence-corrected chi connectivity index (χ0v) is 84.3. The van der Waals surface area contributed by atoms with Crippen LogP contribution in [0.15, 0.2) is 387 Å². The van der Waals surface area contributed by atoms with Crippen LogP contribution in [0, 0.1) is 103 Å². The maximum absolute atomic E-state index is 8.12. The molecule has 0 amide bonds. The van der Waals surface area contributed by atoms with Gasteiger partial charge >= 0.3 is 20.1 Å². The Bertz CT molecular complexity index is 9120. The first-order valence-electron chi connectivity index (χ1n) is 61.5. The summed E-state index contributed by atoms with van der Waals surface area (Å²) in [6.07, 6.45) is 16.9. The van der Waals surface area contributed by atoms with Crippen molar-refractivity contribution in [1.82, 2.24) is 29.9 Å². The van der Waals surface area contributed by atoms with Gasteiger partial charge in [-0.1, -0.05) is 227 Å². The van der Waals surface area contributed by atoms with E-state index in [1.807, 2.05) is 146 Å². The Morgan fingerprint density at radius 3 is 1.34 bits per heavy atom. The van der Waals surface area contributed by atoms with E-state index < -0.39 is 68.5 Å². The molecule has 1 atom stereocenters. The number of aliphatic imine (C=N–C) groups is 1. The van der Waals surface area contributed by atoms with E-state index in [2.05, 4.69) is 89.8 Å². The van der Waals surface area contributed by atoms with Gasteiger partial charge in [-0.05, 0) is 207 Å². The molecule has 1 aliphatic heterocycles. The molecule has 0 saturated heterocycles. The van der Waals surface area contributed by atoms with Crippen molar-refractivity contribution in [2.75, 3.05) is 6.54 Å². The minimum Gasteiger partial charge on any atom is -0.725 e. The van der Waals surface area contributed by atoms with Gasteiger partial charge in [-0.3, -0.25) is 0 Å². The van der Waals surface area contributed by atoms with Crippen LogP contribution in [-0.2, 0) is 80.4 Å². The summed E-state index contributed by atoms with van der Waals surface area (Å²) in [7, 11) is 0. The average Bonchev–Trinajstić information content (AvgIpc) is 1.61. The number of aromatic nitrogens is 6. The molecular formula is C124H107Ir4N8O4-6. The fourth-order valence-corrected chi connectivity index (χ4v) is 13.8. The monoisotopic (exact) mass is 2580 g/mol. The standard InChI is InChI=1S/3C18H12NO.C18H15NO.C14H16N.C13H14N.C13H16N.C12H10N.4Ir/c3*1-12-6-9-16(19-11-12)13-7-8-15-14-4-2-3-5-17(14)20-18(15)10-13;1-12(2)11-19-13(3)14-8-9-16-15-6-4-5-7-17(15)20-18(16)10-14;1-10-4-6-13(7-5-10)14-8-11(2)12(3)9-15-14;1-10-8-13(14-9-11(10)2)12-6-4-3-5-7-12;1-10(2)5-7-12(4)13-8-6-11(3)9-14-13;1-10-7-8-12(13-9-10)11-5-3-2-4-6-11;;;;/h3*2-6,8-11H,1H3;4-7,9-10H,1,3,11H2,2H3;4,6-9H,5H2,1-3H3;3-6,9-10H,8H2,1-2H3;6-9H,1,4-5H2,2-3H3;2-5,7-9H,1H3;;;;/q3*-1;-2;4*-1;;;;+3/i3*1D3,6D,9D;1D,2D3,3D;1D3,3D3;2D3;2D3,3D3;1D3;;;;. The number of benzene rings is 10. The second-order valence-electron chi connectivity index (χ2n) is 30.8. The fraction of sp³-hybridized carbons (Fsp3) is 0.137. The van der Waals surface area contributed by atoms with Crippen molar-refractivity contribution in [3.63, 3.8) is 0 Å². The van der Waals surface area contributed by atoms with Crippen LogP contribution in [0.3, 0.4) is 0 Å². The molecule has 0 N–H and O–H groups in total. The second-order valence-corrected chi connectivity index (χ2v) is 30.8. The van der Waals surface area contributed by atoms with Crippen LogP contribution in [0.1, 0.15) is 167 Å². The first-order chi connectivity index (χ1) is 81.7. The summed E-state index contributed by atoms with van der Waals surface area (Å²) in [5.41, 5.74) is 15.9. The Morgan fingerprint density at radius 2 is 0.914 bits per heavy atom. The maximum Gasteiger partial charge on any atom is 3.00 e. The number of nitrogens with zero attached hydrogens (tertiary/aromatic N) is 8. The van der Waals surface area contributed by atoms with Crippen molar-refractivity contribution in [3.8, 4) is 45.0 Å². The summed E-state index contributed by atoms with van der Waals surface area (Å²) in [5.74, 6) is 0.00334. The molecule has 10 aromatic heterocycles. The van der Waals surface area contributed by atoms with Gasteiger partial charge in [0.05, 0.1) is 31.9 Å². The van der Waals surface area contributed by atoms with Crippen molar-refractivity contribution in [2.24, 2.45) is 10.9 Å². The molecule has 709 valence electrons. The molecule has 3 radical (unpaired) electrons. The van der Waals surface area contributed by atoms with Crippen LogP contribution < -0.4 is 0 Å². The van der Waals surface area contributed by atoms with Crippen LogP contribution >= 0.6 is 0 Å². The van der Waals surface area contributed by atoms with E-state index in [0.29, 0.717) is 91.1 Å². The van der Waals surface area contributed by atoms with E-state index >= 15 is 0 Å². The van der Waals surface area contributed by atoms with E-state index in [1.165, 1.54) is 30.9 Å². The van der Waals surface area contributed by atoms with Gasteiger partial charge in [0, 0.05) is 146 Å². The van der Waals surface area contributed by atoms with Crippen molar-refractivity contribution >= 4 is 110 Å². The molecule has 16 heteroatoms. The molecule has 1 aliphatic carbocycles. The molecule has 0 spiro atoms. The van der Waals surface area contributed by atoms with Gasteiger partial charge in [0.1, 0.15) is 22.3 Å². The first kappa shape index (κ1) is 65.3. The third kappa shape index (κ3) is 28.3. The largest absolute Gasteiger partial charge is 3.00 e. The fourth-order valence-electron chi connectivity index (χ4n) is 13.8. The van der Waals surface area contributed by atoms with Crippen LogP contribution in [0.2, 0.25) is 0 Å². The zero-order chi connectivity index (χ0) is 127. The number of pyridine rings is 6. The number of aryl methyl sites for hydroxylation is 7. The molecule has 2 aliphatic rings. The Hall–Kier alpha value is -13.7. The summed E-state index contributed by atoms with van der Waals surface area (Å²) >= 11 is 0. The molecule has 0 saturated carbocycles. The Morgan fingerprint density at radius 1 is 0.443 bits per heavy atom. The molecule has 1 unspecified atom stereocenters. The van der Waals surface area contributed by atoms with E-state index in [9.17, 15) is 0 Å². The summed E-state index contributed by atoms with van der Waals surface area (Å²) in [6.45, 7) is -9.89. The number of hydrogen-bond acceptors (Lipinski definition) is 11. The third-order valence-electron chi connectivity index (χ3n) is 20.9. The Kier molecular flexibility index (Phi) is 23.9. The van der Waals surface area contributed by atoms with Crippen molar-refractivity contribution in [2.45, 2.75) is 102 Å². The predicted molar refractivity (Wildman–Crippen MR) is 565 cm³/mol. The Balaban J connectivity index is 0.000000189. The number of allylic oxidation sites excluding steroid dienone is 7. The second kappa shape index (κ2) is 51.3. The summed E-state index contributed by atoms with van der Waals surface area (Å²) < 4.78 is 307. The topological polar surface area (TPSA) is 156 Å². The number of para-hydroxylation sites is 4. The van der Waals surface area contributed by atoms with Crippen molar-refractivity contribution in [1.29, 1.82) is 0 Å². The van der Waals surface area contributed by atoms with E-state index in [4.69, 9.17) is 69.8 Å². The molecule has 0 fully saturated rings. The number of fused-ring (bicyclic) bond motifs is 12. The van der Waals surface area contributed by atoms with Gasteiger partial charge in [-0.25, -0.2) is 5.70 Å². The van der Waals surface area contributed by atoms with Crippen LogP contribution in [-0.4, -0.2) is 42.2 Å². The van der Waals surface area contributed by atoms with Crippen LogP contribution in [0.4, 0.5) is 0 Å². The summed E-state index contributed by atoms with van der Waals surface area (Å²) in [6, 6.07) is 84.3. The van der Waals surface area contributed by atoms with Gasteiger partial charge in [0.2, 0.25) is 0 Å². The number of furan rings is 4. The van der Waals surface area contributed by atoms with Gasteiger partial charge in [-0.15, -0.1) is 169 Å². The minimum atomic E-state index is -2.47. The SMILES string of the molecule is [2H]C([2H])([2H])C(=C)C[CH-]C(=C)c1ccc(C([2H])([2H])[2H])cn1.[2H]C([2H])([2H])C1=CC=C(c2cc(C)c(C([2H])([2H])[2H])cn2)[CH-]C1.[2H]C([2H])([2H])C1=CN=C(c2[c-]cccc2)CC1C.[2H]C([2H])([2H])c1ccc(-c2[c-]cccc2)nc1.[2H]C=C([N-]CC(=C[2H])C([2H])([2H])[2H])c1[c-]cc2c(c1)oc1ccccc12.[2H]c1c(C([2H])([2H])[2H])cnc(-c2[c-]cc3c(c2)oc2ccccc23)c1[2H].[2H]c1c(C([2H])([2H])[2H])cnc(-c2[c-]cc3c(c2)oc2ccccc23)c1[2H].[2H]c1c(C([2H])([2H])[2H])cnc(-c2[c-]cc3c(c2)oc2ccccc23)c1[2H].[Ir+3].[Ir].[Ir].[Ir]. The normalized spacial score (nSPS) is 17.2. The van der Waals surface area contributed by atoms with Gasteiger partial charge < -0.3 is 57.9 Å². The summed E-state index contributed by atoms with van der Waals surface area (Å²) in [4.78, 5) is 28.9. The maximum atomic E-state index is 8.12. The van der Waals surface area contributed by atoms with Crippen LogP contribution in [0.5, 0.6) is 0 Å². The third-order valence-corrected chi connectivity index (χ3v) is 20.9. The van der Waals surface area contributed by atoms with Gasteiger partial charge in [-0.2, -0.15) is 48.8 Å². The summed E-state index contributed by atoms with van der Waals surface area (Å²) in [5, 5.41) is 11.7. The first-order valence-corrected chi connectivity index (χ1v) is 42.3. The quantitative estimate of drug-likeness (QED) is 0.0758. The molecule has 12 nitrogen and oxygen atoms in total. The number of hydrogen-bond donors (Lipinski definition) is 0. The molecule has 0 bridgehead atoms. The predicted octanol–water partition coefficient (Wildman–Crippen LogP) is 32.9. The molecular weight excluding hydrogens is 2430 g/mol. The van der Waals surface area contributed by atoms with Gasteiger partial charge in [0.15, 0.2) is 0 Å². The van der Waals surface area contributed by atoms with E-state index in [0.717, 1.165) is 125 Å². The minimum absolute atomic E-state index is 0. The van der Waals surface area contributed by atoms with Crippen molar-refractivity contribution in [3.05, 3.63) is 481 Å². The number of rotatable bonds is 14.